The number of carbonyl (C=O) groups is 2. The average molecular weight is 296 g/mol. The van der Waals surface area contributed by atoms with Gasteiger partial charge in [-0.2, -0.15) is 0 Å². The molecule has 0 aliphatic heterocycles. The zero-order valence-electron chi connectivity index (χ0n) is 11.9. The minimum Gasteiger partial charge on any atom is -0.481 e. The SMILES string of the molecule is O=C(O)C1CC=CCC1C(=O)Nc1cccc2cccnc12. The number of carbonyl (C=O) groups excluding carboxylic acids is 1. The number of allylic oxidation sites excluding steroid dienone is 2. The summed E-state index contributed by atoms with van der Waals surface area (Å²) in [5, 5.41) is 13.0. The highest BCUT2D eigenvalue weighted by molar-refractivity contribution is 6.02. The second-order valence-electron chi connectivity index (χ2n) is 5.36. The van der Waals surface area contributed by atoms with Gasteiger partial charge in [0, 0.05) is 11.6 Å². The number of fused-ring (bicyclic) bond motifs is 1. The molecule has 5 heteroatoms. The highest BCUT2D eigenvalue weighted by Crippen LogP contribution is 2.28. The summed E-state index contributed by atoms with van der Waals surface area (Å²) in [6.07, 6.45) is 6.19. The van der Waals surface area contributed by atoms with Gasteiger partial charge in [-0.3, -0.25) is 14.6 Å². The number of carboxylic acids is 1. The fourth-order valence-corrected chi connectivity index (χ4v) is 2.81. The average Bonchev–Trinajstić information content (AvgIpc) is 2.55. The molecular formula is C17H16N2O3. The van der Waals surface area contributed by atoms with E-state index in [2.05, 4.69) is 10.3 Å². The van der Waals surface area contributed by atoms with E-state index in [-0.39, 0.29) is 5.91 Å². The Hall–Kier alpha value is -2.69. The Morgan fingerprint density at radius 3 is 2.59 bits per heavy atom. The molecule has 2 atom stereocenters. The van der Waals surface area contributed by atoms with Crippen molar-refractivity contribution in [3.05, 3.63) is 48.7 Å². The first-order chi connectivity index (χ1) is 10.7. The lowest BCUT2D eigenvalue weighted by Crippen LogP contribution is -2.34. The highest BCUT2D eigenvalue weighted by atomic mass is 16.4. The van der Waals surface area contributed by atoms with Gasteiger partial charge in [-0.1, -0.05) is 30.4 Å². The smallest absolute Gasteiger partial charge is 0.307 e. The van der Waals surface area contributed by atoms with Gasteiger partial charge >= 0.3 is 5.97 Å². The van der Waals surface area contributed by atoms with Crippen molar-refractivity contribution < 1.29 is 14.7 Å². The normalized spacial score (nSPS) is 20.7. The van der Waals surface area contributed by atoms with Gasteiger partial charge in [0.2, 0.25) is 5.91 Å². The summed E-state index contributed by atoms with van der Waals surface area (Å²) in [5.41, 5.74) is 1.32. The number of nitrogens with zero attached hydrogens (tertiary/aromatic N) is 1. The first kappa shape index (κ1) is 14.3. The van der Waals surface area contributed by atoms with Crippen molar-refractivity contribution in [1.29, 1.82) is 0 Å². The van der Waals surface area contributed by atoms with E-state index in [4.69, 9.17) is 0 Å². The number of anilines is 1. The number of rotatable bonds is 3. The largest absolute Gasteiger partial charge is 0.481 e. The van der Waals surface area contributed by atoms with Crippen molar-refractivity contribution in [2.24, 2.45) is 11.8 Å². The highest BCUT2D eigenvalue weighted by Gasteiger charge is 2.34. The number of nitrogens with one attached hydrogen (secondary N) is 1. The lowest BCUT2D eigenvalue weighted by molar-refractivity contribution is -0.146. The van der Waals surface area contributed by atoms with Crippen molar-refractivity contribution in [1.82, 2.24) is 4.98 Å². The fourth-order valence-electron chi connectivity index (χ4n) is 2.81. The van der Waals surface area contributed by atoms with E-state index in [0.717, 1.165) is 5.39 Å². The minimum atomic E-state index is -0.930. The summed E-state index contributed by atoms with van der Waals surface area (Å²) in [5.74, 6) is -2.43. The molecule has 0 fully saturated rings. The van der Waals surface area contributed by atoms with E-state index in [1.807, 2.05) is 36.4 Å². The summed E-state index contributed by atoms with van der Waals surface area (Å²) in [6.45, 7) is 0. The van der Waals surface area contributed by atoms with Gasteiger partial charge in [0.05, 0.1) is 23.0 Å². The number of benzene rings is 1. The molecule has 5 nitrogen and oxygen atoms in total. The van der Waals surface area contributed by atoms with Crippen LogP contribution < -0.4 is 5.32 Å². The monoisotopic (exact) mass is 296 g/mol. The molecule has 2 aromatic rings. The lowest BCUT2D eigenvalue weighted by atomic mass is 9.82. The predicted molar refractivity (Wildman–Crippen MR) is 83.4 cm³/mol. The van der Waals surface area contributed by atoms with E-state index in [1.54, 1.807) is 12.3 Å². The van der Waals surface area contributed by atoms with Crippen LogP contribution in [-0.2, 0) is 9.59 Å². The maximum Gasteiger partial charge on any atom is 0.307 e. The van der Waals surface area contributed by atoms with E-state index >= 15 is 0 Å². The molecule has 22 heavy (non-hydrogen) atoms. The first-order valence-electron chi connectivity index (χ1n) is 7.19. The van der Waals surface area contributed by atoms with Gasteiger partial charge in [-0.15, -0.1) is 0 Å². The maximum absolute atomic E-state index is 12.5. The third-order valence-corrected chi connectivity index (χ3v) is 3.98. The van der Waals surface area contributed by atoms with Gasteiger partial charge in [0.1, 0.15) is 0 Å². The van der Waals surface area contributed by atoms with E-state index in [1.165, 1.54) is 0 Å². The van der Waals surface area contributed by atoms with Crippen LogP contribution in [0, 0.1) is 11.8 Å². The van der Waals surface area contributed by atoms with Gasteiger partial charge in [0.25, 0.3) is 0 Å². The van der Waals surface area contributed by atoms with Crippen LogP contribution in [0.2, 0.25) is 0 Å². The van der Waals surface area contributed by atoms with Gasteiger partial charge in [-0.05, 0) is 25.0 Å². The lowest BCUT2D eigenvalue weighted by Gasteiger charge is -2.24. The van der Waals surface area contributed by atoms with Gasteiger partial charge in [-0.25, -0.2) is 0 Å². The van der Waals surface area contributed by atoms with Crippen LogP contribution in [-0.4, -0.2) is 22.0 Å². The molecule has 112 valence electrons. The Morgan fingerprint density at radius 1 is 1.09 bits per heavy atom. The molecular weight excluding hydrogens is 280 g/mol. The van der Waals surface area contributed by atoms with Gasteiger partial charge in [0.15, 0.2) is 0 Å². The number of para-hydroxylation sites is 1. The van der Waals surface area contributed by atoms with Crippen molar-refractivity contribution in [3.8, 4) is 0 Å². The molecule has 3 rings (SSSR count). The standard InChI is InChI=1S/C17H16N2O3/c20-16(12-7-1-2-8-13(12)17(21)22)19-14-9-3-5-11-6-4-10-18-15(11)14/h1-6,9-10,12-13H,7-8H2,(H,19,20)(H,21,22). The molecule has 1 heterocycles. The van der Waals surface area contributed by atoms with Crippen LogP contribution in [0.15, 0.2) is 48.7 Å². The third kappa shape index (κ3) is 2.70. The van der Waals surface area contributed by atoms with Crippen LogP contribution >= 0.6 is 0 Å². The van der Waals surface area contributed by atoms with E-state index in [9.17, 15) is 14.7 Å². The molecule has 0 saturated heterocycles. The van der Waals surface area contributed by atoms with Crippen LogP contribution in [0.5, 0.6) is 0 Å². The molecule has 1 amide bonds. The van der Waals surface area contributed by atoms with Crippen molar-refractivity contribution in [3.63, 3.8) is 0 Å². The number of pyridine rings is 1. The number of hydrogen-bond donors (Lipinski definition) is 2. The summed E-state index contributed by atoms with van der Waals surface area (Å²) in [6, 6.07) is 9.29. The molecule has 0 radical (unpaired) electrons. The Bertz CT molecular complexity index is 749. The van der Waals surface area contributed by atoms with Crippen molar-refractivity contribution >= 4 is 28.5 Å². The summed E-state index contributed by atoms with van der Waals surface area (Å²) < 4.78 is 0. The Labute approximate surface area is 127 Å². The molecule has 0 bridgehead atoms. The van der Waals surface area contributed by atoms with E-state index < -0.39 is 17.8 Å². The predicted octanol–water partition coefficient (Wildman–Crippen LogP) is 2.84. The van der Waals surface area contributed by atoms with Crippen LogP contribution in [0.1, 0.15) is 12.8 Å². The fraction of sp³-hybridized carbons (Fsp3) is 0.235. The zero-order chi connectivity index (χ0) is 15.5. The Balaban J connectivity index is 1.86. The first-order valence-corrected chi connectivity index (χ1v) is 7.19. The topological polar surface area (TPSA) is 79.3 Å². The molecule has 0 spiro atoms. The number of aromatic nitrogens is 1. The minimum absolute atomic E-state index is 0.269. The molecule has 1 aliphatic rings. The third-order valence-electron chi connectivity index (χ3n) is 3.98. The number of hydrogen-bond acceptors (Lipinski definition) is 3. The van der Waals surface area contributed by atoms with Crippen LogP contribution in [0.4, 0.5) is 5.69 Å². The molecule has 0 saturated carbocycles. The molecule has 2 unspecified atom stereocenters. The molecule has 2 N–H and O–H groups in total. The number of amides is 1. The zero-order valence-corrected chi connectivity index (χ0v) is 11.9. The van der Waals surface area contributed by atoms with Crippen LogP contribution in [0.3, 0.4) is 0 Å². The molecule has 1 aliphatic carbocycles. The second kappa shape index (κ2) is 5.97. The van der Waals surface area contributed by atoms with Crippen molar-refractivity contribution in [2.75, 3.05) is 5.32 Å². The Kier molecular flexibility index (Phi) is 3.87. The summed E-state index contributed by atoms with van der Waals surface area (Å²) >= 11 is 0. The quantitative estimate of drug-likeness (QED) is 0.854. The van der Waals surface area contributed by atoms with E-state index in [0.29, 0.717) is 24.0 Å². The summed E-state index contributed by atoms with van der Waals surface area (Å²) in [7, 11) is 0. The molecule has 1 aromatic heterocycles. The summed E-state index contributed by atoms with van der Waals surface area (Å²) in [4.78, 5) is 28.1. The number of carboxylic acid groups (broad SMARTS) is 1. The second-order valence-corrected chi connectivity index (χ2v) is 5.36. The maximum atomic E-state index is 12.5. The number of aliphatic carboxylic acids is 1. The van der Waals surface area contributed by atoms with Gasteiger partial charge < -0.3 is 10.4 Å². The van der Waals surface area contributed by atoms with Crippen molar-refractivity contribution in [2.45, 2.75) is 12.8 Å². The van der Waals surface area contributed by atoms with Crippen LogP contribution in [0.25, 0.3) is 10.9 Å². The molecule has 1 aromatic carbocycles. The Morgan fingerprint density at radius 2 is 1.82 bits per heavy atom.